The lowest BCUT2D eigenvalue weighted by Crippen LogP contribution is -2.62. The van der Waals surface area contributed by atoms with Crippen molar-refractivity contribution in [1.82, 2.24) is 0 Å². The van der Waals surface area contributed by atoms with Gasteiger partial charge in [-0.15, -0.1) is 0 Å². The molecule has 3 aliphatic carbocycles. The fourth-order valence-electron chi connectivity index (χ4n) is 14.4. The van der Waals surface area contributed by atoms with Crippen molar-refractivity contribution in [2.75, 3.05) is 14.7 Å². The average Bonchev–Trinajstić information content (AvgIpc) is 3.36. The minimum absolute atomic E-state index is 0.0156. The monoisotopic (exact) mass is 988 g/mol. The molecule has 0 aromatic heterocycles. The second kappa shape index (κ2) is 16.5. The maximum absolute atomic E-state index is 2.74. The van der Waals surface area contributed by atoms with Crippen molar-refractivity contribution < 1.29 is 0 Å². The van der Waals surface area contributed by atoms with Gasteiger partial charge in [-0.2, -0.15) is 0 Å². The summed E-state index contributed by atoms with van der Waals surface area (Å²) in [6.07, 6.45) is 7.02. The van der Waals surface area contributed by atoms with E-state index < -0.39 is 0 Å². The Bertz CT molecular complexity index is 3410. The Morgan fingerprint density at radius 3 is 1.35 bits per heavy atom. The van der Waals surface area contributed by atoms with Crippen LogP contribution in [0.2, 0.25) is 0 Å². The van der Waals surface area contributed by atoms with Crippen LogP contribution in [0.5, 0.6) is 0 Å². The third-order valence-electron chi connectivity index (χ3n) is 19.7. The van der Waals surface area contributed by atoms with Gasteiger partial charge in [0.2, 0.25) is 0 Å². The molecule has 0 N–H and O–H groups in total. The molecule has 75 heavy (non-hydrogen) atoms. The summed E-state index contributed by atoms with van der Waals surface area (Å²) in [5, 5.41) is 0. The number of benzene rings is 7. The average molecular weight is 988 g/mol. The van der Waals surface area contributed by atoms with Crippen LogP contribution < -0.4 is 31.1 Å². The van der Waals surface area contributed by atoms with E-state index in [9.17, 15) is 0 Å². The molecule has 0 saturated carbocycles. The van der Waals surface area contributed by atoms with Crippen LogP contribution >= 0.6 is 0 Å². The van der Waals surface area contributed by atoms with Crippen LogP contribution in [0.3, 0.4) is 0 Å². The summed E-state index contributed by atoms with van der Waals surface area (Å²) in [6.45, 7) is 39.3. The van der Waals surface area contributed by atoms with E-state index in [4.69, 9.17) is 0 Å². The molecule has 2 aliphatic heterocycles. The zero-order valence-electron chi connectivity index (χ0n) is 48.4. The summed E-state index contributed by atoms with van der Waals surface area (Å²) in [4.78, 5) is 7.95. The predicted octanol–water partition coefficient (Wildman–Crippen LogP) is 17.9. The Kier molecular flexibility index (Phi) is 11.0. The van der Waals surface area contributed by atoms with Crippen LogP contribution in [0, 0.1) is 6.92 Å². The highest BCUT2D eigenvalue weighted by Crippen LogP contribution is 2.55. The molecular weight excluding hydrogens is 906 g/mol. The normalized spacial score (nSPS) is 19.7. The molecule has 0 amide bonds. The summed E-state index contributed by atoms with van der Waals surface area (Å²) in [5.41, 5.74) is 27.1. The van der Waals surface area contributed by atoms with E-state index in [2.05, 4.69) is 259 Å². The van der Waals surface area contributed by atoms with E-state index in [0.717, 1.165) is 36.3 Å². The van der Waals surface area contributed by atoms with Gasteiger partial charge in [-0.1, -0.05) is 171 Å². The molecular formula is C71H82BN3. The Morgan fingerprint density at radius 1 is 0.387 bits per heavy atom. The molecule has 0 unspecified atom stereocenters. The Morgan fingerprint density at radius 2 is 0.827 bits per heavy atom. The van der Waals surface area contributed by atoms with Gasteiger partial charge in [-0.25, -0.2) is 0 Å². The number of fused-ring (bicyclic) bond motifs is 7. The lowest BCUT2D eigenvalue weighted by Gasteiger charge is -2.49. The van der Waals surface area contributed by atoms with Crippen molar-refractivity contribution in [3.05, 3.63) is 178 Å². The second-order valence-electron chi connectivity index (χ2n) is 28.7. The topological polar surface area (TPSA) is 9.72 Å². The van der Waals surface area contributed by atoms with Gasteiger partial charge in [0.25, 0.3) is 6.71 Å². The van der Waals surface area contributed by atoms with Crippen molar-refractivity contribution in [2.45, 2.75) is 187 Å². The van der Waals surface area contributed by atoms with Gasteiger partial charge in [0.1, 0.15) is 0 Å². The molecule has 2 heterocycles. The van der Waals surface area contributed by atoms with Crippen LogP contribution in [0.15, 0.2) is 133 Å². The molecule has 4 heteroatoms. The van der Waals surface area contributed by atoms with Gasteiger partial charge in [0.05, 0.1) is 5.69 Å². The molecule has 12 rings (SSSR count). The van der Waals surface area contributed by atoms with Crippen LogP contribution in [0.1, 0.15) is 187 Å². The van der Waals surface area contributed by atoms with E-state index >= 15 is 0 Å². The lowest BCUT2D eigenvalue weighted by atomic mass is 9.33. The highest BCUT2D eigenvalue weighted by Gasteiger charge is 2.49. The lowest BCUT2D eigenvalue weighted by molar-refractivity contribution is 0.332. The molecule has 0 fully saturated rings. The fraction of sp³-hybridized carbons (Fsp3) is 0.408. The Labute approximate surface area is 451 Å². The van der Waals surface area contributed by atoms with Gasteiger partial charge in [0, 0.05) is 45.5 Å². The van der Waals surface area contributed by atoms with Crippen molar-refractivity contribution in [2.24, 2.45) is 0 Å². The van der Waals surface area contributed by atoms with Crippen LogP contribution in [-0.2, 0) is 37.9 Å². The minimum atomic E-state index is -0.0504. The summed E-state index contributed by atoms with van der Waals surface area (Å²) in [5.74, 6) is 0. The number of hydrogen-bond donors (Lipinski definition) is 0. The first-order valence-corrected chi connectivity index (χ1v) is 28.5. The standard InChI is InChI=1S/C71H82BN3/c1-45-37-52-55(70(13,14)35-33-67(52,7)8)43-60(45)75-59-30-27-46(65(2,3)4)38-57(59)72-58-42-54-56(71(15,16)36-34-69(54,11)12)44-61(58)74(49-28-29-51-53(39-49)68(9,10)32-31-66(51,5)6)62-40-50(41-63(75)64(62)72)73(47-23-19-17-20-24-47)48-25-21-18-22-26-48/h17-30,37-44H,31-36H2,1-16H3. The largest absolute Gasteiger partial charge is 0.311 e. The van der Waals surface area contributed by atoms with Gasteiger partial charge in [0.15, 0.2) is 0 Å². The number of anilines is 9. The molecule has 0 spiro atoms. The molecule has 0 saturated heterocycles. The molecule has 0 radical (unpaired) electrons. The van der Waals surface area contributed by atoms with E-state index in [0.29, 0.717) is 0 Å². The van der Waals surface area contributed by atoms with Crippen molar-refractivity contribution in [3.63, 3.8) is 0 Å². The van der Waals surface area contributed by atoms with Gasteiger partial charge >= 0.3 is 0 Å². The maximum Gasteiger partial charge on any atom is 0.252 e. The SMILES string of the molecule is Cc1cc2c(cc1N1c3ccc(C(C)(C)C)cc3B3c4cc5c(cc4N(c4ccc6c(c4)C(C)(C)CCC6(C)C)c4cc(N(c6ccccc6)c6ccccc6)cc1c43)C(C)(C)CCC5(C)C)C(C)(C)CCC2(C)C. The molecule has 0 atom stereocenters. The molecule has 5 aliphatic rings. The zero-order chi connectivity index (χ0) is 53.2. The third kappa shape index (κ3) is 7.79. The van der Waals surface area contributed by atoms with Crippen LogP contribution in [0.4, 0.5) is 51.2 Å². The summed E-state index contributed by atoms with van der Waals surface area (Å²) in [6, 6.07) is 53.0. The van der Waals surface area contributed by atoms with Crippen LogP contribution in [-0.4, -0.2) is 6.71 Å². The number of para-hydroxylation sites is 2. The van der Waals surface area contributed by atoms with E-state index in [1.54, 1.807) is 0 Å². The van der Waals surface area contributed by atoms with E-state index in [1.807, 2.05) is 0 Å². The van der Waals surface area contributed by atoms with Crippen molar-refractivity contribution in [1.29, 1.82) is 0 Å². The first kappa shape index (κ1) is 49.9. The smallest absolute Gasteiger partial charge is 0.252 e. The molecule has 3 nitrogen and oxygen atoms in total. The maximum atomic E-state index is 2.74. The first-order chi connectivity index (χ1) is 35.2. The summed E-state index contributed by atoms with van der Waals surface area (Å²) < 4.78 is 0. The highest BCUT2D eigenvalue weighted by atomic mass is 15.2. The van der Waals surface area contributed by atoms with E-state index in [1.165, 1.54) is 114 Å². The summed E-state index contributed by atoms with van der Waals surface area (Å²) in [7, 11) is 0. The zero-order valence-corrected chi connectivity index (χ0v) is 48.4. The van der Waals surface area contributed by atoms with Gasteiger partial charge in [-0.05, 0) is 211 Å². The van der Waals surface area contributed by atoms with Crippen molar-refractivity contribution >= 4 is 74.3 Å². The number of aryl methyl sites for hydroxylation is 1. The summed E-state index contributed by atoms with van der Waals surface area (Å²) >= 11 is 0. The van der Waals surface area contributed by atoms with Gasteiger partial charge in [-0.3, -0.25) is 0 Å². The fourth-order valence-corrected chi connectivity index (χ4v) is 14.4. The Hall–Kier alpha value is -6.00. The minimum Gasteiger partial charge on any atom is -0.311 e. The first-order valence-electron chi connectivity index (χ1n) is 28.5. The van der Waals surface area contributed by atoms with Crippen molar-refractivity contribution in [3.8, 4) is 0 Å². The second-order valence-corrected chi connectivity index (χ2v) is 28.7. The predicted molar refractivity (Wildman–Crippen MR) is 324 cm³/mol. The van der Waals surface area contributed by atoms with E-state index in [-0.39, 0.29) is 44.6 Å². The number of nitrogens with zero attached hydrogens (tertiary/aromatic N) is 3. The van der Waals surface area contributed by atoms with Crippen LogP contribution in [0.25, 0.3) is 0 Å². The number of rotatable bonds is 5. The third-order valence-corrected chi connectivity index (χ3v) is 19.7. The van der Waals surface area contributed by atoms with Gasteiger partial charge < -0.3 is 14.7 Å². The molecule has 7 aromatic rings. The molecule has 7 aromatic carbocycles. The highest BCUT2D eigenvalue weighted by molar-refractivity contribution is 7.00. The molecule has 384 valence electrons. The molecule has 0 bridgehead atoms. The Balaban J connectivity index is 1.26. The number of hydrogen-bond acceptors (Lipinski definition) is 3. The quantitative estimate of drug-likeness (QED) is 0.159.